The van der Waals surface area contributed by atoms with Crippen LogP contribution in [0.3, 0.4) is 0 Å². The maximum absolute atomic E-state index is 12.7. The molecular weight excluding hydrogens is 386 g/mol. The van der Waals surface area contributed by atoms with Crippen LogP contribution in [0.1, 0.15) is 19.8 Å². The Morgan fingerprint density at radius 1 is 1.37 bits per heavy atom. The fourth-order valence-corrected chi connectivity index (χ4v) is 5.91. The van der Waals surface area contributed by atoms with E-state index in [1.165, 1.54) is 16.7 Å². The molecule has 27 heavy (non-hydrogen) atoms. The summed E-state index contributed by atoms with van der Waals surface area (Å²) in [6, 6.07) is 6.90. The highest BCUT2D eigenvalue weighted by atomic mass is 32.2. The SMILES string of the molecule is CCCn1c(SCC(=O)N(C)[C@@H]2CCS(=O)(=O)C2)nc2ccccc2c1=O. The van der Waals surface area contributed by atoms with Crippen molar-refractivity contribution in [2.24, 2.45) is 0 Å². The second kappa shape index (κ2) is 8.02. The van der Waals surface area contributed by atoms with E-state index in [1.807, 2.05) is 19.1 Å². The van der Waals surface area contributed by atoms with Gasteiger partial charge in [-0.1, -0.05) is 30.8 Å². The monoisotopic (exact) mass is 409 g/mol. The third-order valence-electron chi connectivity index (χ3n) is 4.75. The molecule has 9 heteroatoms. The normalized spacial score (nSPS) is 18.7. The van der Waals surface area contributed by atoms with E-state index in [9.17, 15) is 18.0 Å². The number of rotatable bonds is 6. The van der Waals surface area contributed by atoms with Gasteiger partial charge in [0, 0.05) is 19.6 Å². The van der Waals surface area contributed by atoms with Gasteiger partial charge in [-0.3, -0.25) is 14.2 Å². The number of thioether (sulfide) groups is 1. The fourth-order valence-electron chi connectivity index (χ4n) is 3.19. The molecule has 1 atom stereocenters. The molecule has 146 valence electrons. The number of benzene rings is 1. The van der Waals surface area contributed by atoms with E-state index in [0.717, 1.165) is 6.42 Å². The van der Waals surface area contributed by atoms with Crippen LogP contribution in [0.4, 0.5) is 0 Å². The molecule has 7 nitrogen and oxygen atoms in total. The first-order valence-corrected chi connectivity index (χ1v) is 11.7. The van der Waals surface area contributed by atoms with Gasteiger partial charge in [-0.2, -0.15) is 0 Å². The quantitative estimate of drug-likeness (QED) is 0.531. The summed E-state index contributed by atoms with van der Waals surface area (Å²) in [7, 11) is -1.40. The molecule has 1 amide bonds. The number of sulfone groups is 1. The molecule has 1 aromatic heterocycles. The van der Waals surface area contributed by atoms with E-state index in [1.54, 1.807) is 23.7 Å². The van der Waals surface area contributed by atoms with Crippen LogP contribution in [-0.4, -0.2) is 59.1 Å². The summed E-state index contributed by atoms with van der Waals surface area (Å²) >= 11 is 1.22. The van der Waals surface area contributed by atoms with Crippen LogP contribution in [-0.2, 0) is 21.2 Å². The Bertz CT molecular complexity index is 1020. The number of carbonyl (C=O) groups is 1. The molecule has 0 aliphatic carbocycles. The molecule has 0 saturated carbocycles. The van der Waals surface area contributed by atoms with Crippen molar-refractivity contribution in [2.75, 3.05) is 24.3 Å². The minimum Gasteiger partial charge on any atom is -0.341 e. The Kier molecular flexibility index (Phi) is 5.90. The maximum atomic E-state index is 12.7. The third-order valence-corrected chi connectivity index (χ3v) is 7.46. The molecule has 1 aliphatic rings. The first-order valence-electron chi connectivity index (χ1n) is 8.91. The van der Waals surface area contributed by atoms with Gasteiger partial charge in [-0.25, -0.2) is 13.4 Å². The average Bonchev–Trinajstić information content (AvgIpc) is 3.01. The van der Waals surface area contributed by atoms with E-state index >= 15 is 0 Å². The zero-order valence-electron chi connectivity index (χ0n) is 15.4. The number of para-hydroxylation sites is 1. The van der Waals surface area contributed by atoms with Crippen LogP contribution in [0.25, 0.3) is 10.9 Å². The van der Waals surface area contributed by atoms with Gasteiger partial charge < -0.3 is 4.90 Å². The highest BCUT2D eigenvalue weighted by Gasteiger charge is 2.32. The Morgan fingerprint density at radius 2 is 2.11 bits per heavy atom. The lowest BCUT2D eigenvalue weighted by Crippen LogP contribution is -2.39. The molecule has 0 radical (unpaired) electrons. The lowest BCUT2D eigenvalue weighted by molar-refractivity contribution is -0.128. The minimum absolute atomic E-state index is 0.0225. The standard InChI is InChI=1S/C18H23N3O4S2/c1-3-9-21-17(23)14-6-4-5-7-15(14)19-18(21)26-11-16(22)20(2)13-8-10-27(24,25)12-13/h4-7,13H,3,8-12H2,1-2H3/t13-/m1/s1. The van der Waals surface area contributed by atoms with E-state index in [2.05, 4.69) is 4.98 Å². The summed E-state index contributed by atoms with van der Waals surface area (Å²) in [6.07, 6.45) is 1.26. The minimum atomic E-state index is -3.04. The predicted octanol–water partition coefficient (Wildman–Crippen LogP) is 1.54. The van der Waals surface area contributed by atoms with Crippen LogP contribution in [0.5, 0.6) is 0 Å². The van der Waals surface area contributed by atoms with Gasteiger partial charge in [0.05, 0.1) is 28.2 Å². The predicted molar refractivity (Wildman–Crippen MR) is 107 cm³/mol. The third kappa shape index (κ3) is 4.35. The summed E-state index contributed by atoms with van der Waals surface area (Å²) < 4.78 is 24.9. The summed E-state index contributed by atoms with van der Waals surface area (Å²) in [4.78, 5) is 31.4. The van der Waals surface area contributed by atoms with Crippen LogP contribution in [0.15, 0.2) is 34.2 Å². The van der Waals surface area contributed by atoms with E-state index < -0.39 is 9.84 Å². The van der Waals surface area contributed by atoms with Crippen molar-refractivity contribution in [3.05, 3.63) is 34.6 Å². The first kappa shape index (κ1) is 19.9. The van der Waals surface area contributed by atoms with Gasteiger partial charge in [0.15, 0.2) is 15.0 Å². The van der Waals surface area contributed by atoms with E-state index in [4.69, 9.17) is 0 Å². The Balaban J connectivity index is 1.79. The summed E-state index contributed by atoms with van der Waals surface area (Å²) in [5.74, 6) is 0.105. The summed E-state index contributed by atoms with van der Waals surface area (Å²) in [6.45, 7) is 2.51. The molecule has 3 rings (SSSR count). The molecule has 0 spiro atoms. The average molecular weight is 410 g/mol. The lowest BCUT2D eigenvalue weighted by atomic mass is 10.2. The highest BCUT2D eigenvalue weighted by Crippen LogP contribution is 2.21. The van der Waals surface area contributed by atoms with Crippen LogP contribution in [0.2, 0.25) is 0 Å². The molecule has 0 bridgehead atoms. The topological polar surface area (TPSA) is 89.3 Å². The lowest BCUT2D eigenvalue weighted by Gasteiger charge is -2.23. The molecule has 0 unspecified atom stereocenters. The largest absolute Gasteiger partial charge is 0.341 e. The molecule has 2 aromatic rings. The van der Waals surface area contributed by atoms with Crippen molar-refractivity contribution in [1.29, 1.82) is 0 Å². The summed E-state index contributed by atoms with van der Waals surface area (Å²) in [5.41, 5.74) is 0.507. The van der Waals surface area contributed by atoms with Gasteiger partial charge in [0.2, 0.25) is 5.91 Å². The number of hydrogen-bond donors (Lipinski definition) is 0. The Morgan fingerprint density at radius 3 is 2.78 bits per heavy atom. The molecule has 1 aromatic carbocycles. The van der Waals surface area contributed by atoms with Crippen LogP contribution < -0.4 is 5.56 Å². The van der Waals surface area contributed by atoms with Crippen molar-refractivity contribution < 1.29 is 13.2 Å². The number of nitrogens with zero attached hydrogens (tertiary/aromatic N) is 3. The zero-order valence-corrected chi connectivity index (χ0v) is 17.1. The highest BCUT2D eigenvalue weighted by molar-refractivity contribution is 7.99. The maximum Gasteiger partial charge on any atom is 0.262 e. The second-order valence-electron chi connectivity index (χ2n) is 6.72. The van der Waals surface area contributed by atoms with Crippen molar-refractivity contribution in [2.45, 2.75) is 37.5 Å². The smallest absolute Gasteiger partial charge is 0.262 e. The molecule has 1 aliphatic heterocycles. The van der Waals surface area contributed by atoms with Gasteiger partial charge in [-0.15, -0.1) is 0 Å². The van der Waals surface area contributed by atoms with Crippen molar-refractivity contribution in [3.8, 4) is 0 Å². The van der Waals surface area contributed by atoms with Crippen molar-refractivity contribution >= 4 is 38.4 Å². The molecule has 1 fully saturated rings. The number of fused-ring (bicyclic) bond motifs is 1. The Hall–Kier alpha value is -1.87. The number of aromatic nitrogens is 2. The zero-order chi connectivity index (χ0) is 19.6. The number of carbonyl (C=O) groups excluding carboxylic acids is 1. The van der Waals surface area contributed by atoms with Crippen molar-refractivity contribution in [3.63, 3.8) is 0 Å². The molecular formula is C18H23N3O4S2. The second-order valence-corrected chi connectivity index (χ2v) is 9.89. The van der Waals surface area contributed by atoms with Crippen LogP contribution >= 0.6 is 11.8 Å². The number of amides is 1. The van der Waals surface area contributed by atoms with Gasteiger partial charge in [-0.05, 0) is 25.0 Å². The van der Waals surface area contributed by atoms with Crippen LogP contribution in [0, 0.1) is 0 Å². The molecule has 2 heterocycles. The van der Waals surface area contributed by atoms with Gasteiger partial charge in [0.25, 0.3) is 5.56 Å². The van der Waals surface area contributed by atoms with Crippen molar-refractivity contribution in [1.82, 2.24) is 14.5 Å². The fraction of sp³-hybridized carbons (Fsp3) is 0.500. The van der Waals surface area contributed by atoms with E-state index in [0.29, 0.717) is 29.0 Å². The van der Waals surface area contributed by atoms with Gasteiger partial charge in [0.1, 0.15) is 0 Å². The van der Waals surface area contributed by atoms with Gasteiger partial charge >= 0.3 is 0 Å². The van der Waals surface area contributed by atoms with E-state index in [-0.39, 0.29) is 34.8 Å². The Labute approximate surface area is 162 Å². The summed E-state index contributed by atoms with van der Waals surface area (Å²) in [5, 5.41) is 1.08. The molecule has 1 saturated heterocycles. The number of hydrogen-bond acceptors (Lipinski definition) is 6. The molecule has 0 N–H and O–H groups in total. The first-order chi connectivity index (χ1) is 12.8.